The molecular formula is C19H18N2O2. The van der Waals surface area contributed by atoms with Gasteiger partial charge in [-0.25, -0.2) is 4.79 Å². The van der Waals surface area contributed by atoms with Crippen molar-refractivity contribution in [3.63, 3.8) is 0 Å². The highest BCUT2D eigenvalue weighted by molar-refractivity contribution is 5.87. The van der Waals surface area contributed by atoms with Gasteiger partial charge in [0, 0.05) is 17.7 Å². The van der Waals surface area contributed by atoms with Gasteiger partial charge in [-0.05, 0) is 37.1 Å². The molecule has 0 aliphatic carbocycles. The largest absolute Gasteiger partial charge is 0.478 e. The minimum atomic E-state index is -0.914. The average molecular weight is 306 g/mol. The fraction of sp³-hybridized carbons (Fsp3) is 0.158. The number of H-pyrrole nitrogens is 1. The first-order valence-electron chi connectivity index (χ1n) is 7.45. The fourth-order valence-corrected chi connectivity index (χ4v) is 2.99. The van der Waals surface area contributed by atoms with Gasteiger partial charge >= 0.3 is 5.97 Å². The third kappa shape index (κ3) is 3.16. The number of carboxylic acids is 1. The number of hydrogen-bond donors (Lipinski definition) is 2. The number of rotatable bonds is 4. The molecule has 3 rings (SSSR count). The van der Waals surface area contributed by atoms with Crippen LogP contribution in [0.1, 0.15) is 44.1 Å². The van der Waals surface area contributed by atoms with Crippen LogP contribution in [0.15, 0.2) is 54.9 Å². The van der Waals surface area contributed by atoms with Gasteiger partial charge in [0.2, 0.25) is 0 Å². The Morgan fingerprint density at radius 3 is 2.17 bits per heavy atom. The lowest BCUT2D eigenvalue weighted by Crippen LogP contribution is -2.04. The Morgan fingerprint density at radius 2 is 1.65 bits per heavy atom. The van der Waals surface area contributed by atoms with Gasteiger partial charge in [-0.3, -0.25) is 5.10 Å². The van der Waals surface area contributed by atoms with Crippen LogP contribution in [-0.4, -0.2) is 21.3 Å². The summed E-state index contributed by atoms with van der Waals surface area (Å²) in [5.74, 6) is -0.891. The van der Waals surface area contributed by atoms with E-state index in [2.05, 4.69) is 42.2 Å². The predicted octanol–water partition coefficient (Wildman–Crippen LogP) is 3.90. The summed E-state index contributed by atoms with van der Waals surface area (Å²) >= 11 is 0. The van der Waals surface area contributed by atoms with Crippen LogP contribution < -0.4 is 0 Å². The molecule has 0 fully saturated rings. The molecule has 0 aliphatic heterocycles. The monoisotopic (exact) mass is 306 g/mol. The summed E-state index contributed by atoms with van der Waals surface area (Å²) in [5.41, 5.74) is 5.97. The molecule has 1 unspecified atom stereocenters. The molecule has 4 nitrogen and oxygen atoms in total. The van der Waals surface area contributed by atoms with E-state index in [0.29, 0.717) is 5.56 Å². The van der Waals surface area contributed by atoms with Crippen LogP contribution in [0, 0.1) is 13.8 Å². The van der Waals surface area contributed by atoms with Crippen molar-refractivity contribution in [1.82, 2.24) is 10.2 Å². The van der Waals surface area contributed by atoms with Gasteiger partial charge in [-0.2, -0.15) is 5.10 Å². The molecule has 0 spiro atoms. The van der Waals surface area contributed by atoms with Crippen LogP contribution in [0.25, 0.3) is 0 Å². The highest BCUT2D eigenvalue weighted by Crippen LogP contribution is 2.32. The minimum Gasteiger partial charge on any atom is -0.478 e. The number of aromatic carboxylic acids is 1. The van der Waals surface area contributed by atoms with Crippen LogP contribution in [0.3, 0.4) is 0 Å². The number of carbonyl (C=O) groups is 1. The third-order valence-corrected chi connectivity index (χ3v) is 3.92. The number of nitrogens with zero attached hydrogens (tertiary/aromatic N) is 1. The Labute approximate surface area is 134 Å². The van der Waals surface area contributed by atoms with Crippen LogP contribution in [-0.2, 0) is 0 Å². The molecule has 0 bridgehead atoms. The molecule has 0 saturated carbocycles. The van der Waals surface area contributed by atoms with Crippen LogP contribution in [0.5, 0.6) is 0 Å². The van der Waals surface area contributed by atoms with Crippen molar-refractivity contribution >= 4 is 5.97 Å². The highest BCUT2D eigenvalue weighted by Gasteiger charge is 2.19. The van der Waals surface area contributed by atoms with Crippen LogP contribution >= 0.6 is 0 Å². The second-order valence-corrected chi connectivity index (χ2v) is 5.81. The molecule has 0 radical (unpaired) electrons. The molecule has 0 saturated heterocycles. The van der Waals surface area contributed by atoms with E-state index >= 15 is 0 Å². The summed E-state index contributed by atoms with van der Waals surface area (Å²) < 4.78 is 0. The molecule has 4 heteroatoms. The summed E-state index contributed by atoms with van der Waals surface area (Å²) in [6.07, 6.45) is 3.70. The van der Waals surface area contributed by atoms with Crippen molar-refractivity contribution in [3.05, 3.63) is 88.2 Å². The normalized spacial score (nSPS) is 12.1. The first-order chi connectivity index (χ1) is 11.0. The van der Waals surface area contributed by atoms with Crippen molar-refractivity contribution in [1.29, 1.82) is 0 Å². The van der Waals surface area contributed by atoms with Crippen LogP contribution in [0.4, 0.5) is 0 Å². The zero-order chi connectivity index (χ0) is 16.4. The molecule has 1 atom stereocenters. The van der Waals surface area contributed by atoms with Crippen molar-refractivity contribution < 1.29 is 9.90 Å². The van der Waals surface area contributed by atoms with Crippen molar-refractivity contribution in [2.75, 3.05) is 0 Å². The maximum Gasteiger partial charge on any atom is 0.335 e. The van der Waals surface area contributed by atoms with E-state index in [1.165, 1.54) is 16.7 Å². The summed E-state index contributed by atoms with van der Waals surface area (Å²) in [5, 5.41) is 16.0. The number of aromatic amines is 1. The van der Waals surface area contributed by atoms with E-state index in [0.717, 1.165) is 11.1 Å². The quantitative estimate of drug-likeness (QED) is 0.768. The standard InChI is InChI=1S/C19H18N2O2/c1-12-7-13(2)9-16(8-12)18(17-10-20-21-11-17)14-3-5-15(6-4-14)19(22)23/h3-11,18H,1-2H3,(H,20,21)(H,22,23). The SMILES string of the molecule is Cc1cc(C)cc(C(c2ccc(C(=O)O)cc2)c2cn[nH]c2)c1. The molecule has 23 heavy (non-hydrogen) atoms. The van der Waals surface area contributed by atoms with Gasteiger partial charge in [-0.15, -0.1) is 0 Å². The first-order valence-corrected chi connectivity index (χ1v) is 7.45. The Hall–Kier alpha value is -2.88. The summed E-state index contributed by atoms with van der Waals surface area (Å²) in [7, 11) is 0. The second-order valence-electron chi connectivity index (χ2n) is 5.81. The summed E-state index contributed by atoms with van der Waals surface area (Å²) in [6, 6.07) is 13.5. The van der Waals surface area contributed by atoms with Gasteiger partial charge in [0.25, 0.3) is 0 Å². The average Bonchev–Trinajstić information content (AvgIpc) is 3.01. The zero-order valence-electron chi connectivity index (χ0n) is 13.1. The lowest BCUT2D eigenvalue weighted by molar-refractivity contribution is 0.0697. The number of carboxylic acid groups (broad SMARTS) is 1. The summed E-state index contributed by atoms with van der Waals surface area (Å²) in [6.45, 7) is 4.16. The van der Waals surface area contributed by atoms with Gasteiger partial charge in [0.15, 0.2) is 0 Å². The van der Waals surface area contributed by atoms with Gasteiger partial charge in [-0.1, -0.05) is 41.5 Å². The molecule has 3 aromatic rings. The van der Waals surface area contributed by atoms with E-state index in [9.17, 15) is 4.79 Å². The molecular weight excluding hydrogens is 288 g/mol. The topological polar surface area (TPSA) is 66.0 Å². The molecule has 1 heterocycles. The van der Waals surface area contributed by atoms with E-state index in [1.54, 1.807) is 12.1 Å². The summed E-state index contributed by atoms with van der Waals surface area (Å²) in [4.78, 5) is 11.1. The molecule has 2 aromatic carbocycles. The molecule has 2 N–H and O–H groups in total. The van der Waals surface area contributed by atoms with Crippen LogP contribution in [0.2, 0.25) is 0 Å². The maximum absolute atomic E-state index is 11.1. The first kappa shape index (κ1) is 15.0. The minimum absolute atomic E-state index is 0.0233. The smallest absolute Gasteiger partial charge is 0.335 e. The number of benzene rings is 2. The highest BCUT2D eigenvalue weighted by atomic mass is 16.4. The number of hydrogen-bond acceptors (Lipinski definition) is 2. The predicted molar refractivity (Wildman–Crippen MR) is 88.9 cm³/mol. The molecule has 116 valence electrons. The van der Waals surface area contributed by atoms with Gasteiger partial charge in [0.05, 0.1) is 11.8 Å². The Balaban J connectivity index is 2.11. The lowest BCUT2D eigenvalue weighted by atomic mass is 9.85. The van der Waals surface area contributed by atoms with Gasteiger partial charge in [0.1, 0.15) is 0 Å². The number of aryl methyl sites for hydroxylation is 2. The second kappa shape index (κ2) is 6.08. The molecule has 1 aromatic heterocycles. The van der Waals surface area contributed by atoms with Crippen molar-refractivity contribution in [2.24, 2.45) is 0 Å². The number of aromatic nitrogens is 2. The molecule has 0 amide bonds. The Morgan fingerprint density at radius 1 is 1.00 bits per heavy atom. The third-order valence-electron chi connectivity index (χ3n) is 3.92. The van der Waals surface area contributed by atoms with Crippen molar-refractivity contribution in [2.45, 2.75) is 19.8 Å². The maximum atomic E-state index is 11.1. The fourth-order valence-electron chi connectivity index (χ4n) is 2.99. The van der Waals surface area contributed by atoms with E-state index < -0.39 is 5.97 Å². The van der Waals surface area contributed by atoms with E-state index in [1.807, 2.05) is 24.5 Å². The number of nitrogens with one attached hydrogen (secondary N) is 1. The van der Waals surface area contributed by atoms with E-state index in [-0.39, 0.29) is 5.92 Å². The molecule has 0 aliphatic rings. The lowest BCUT2D eigenvalue weighted by Gasteiger charge is -2.18. The Kier molecular flexibility index (Phi) is 3.98. The van der Waals surface area contributed by atoms with E-state index in [4.69, 9.17) is 5.11 Å². The zero-order valence-corrected chi connectivity index (χ0v) is 13.1. The Bertz CT molecular complexity index is 801. The van der Waals surface area contributed by atoms with Gasteiger partial charge < -0.3 is 5.11 Å². The van der Waals surface area contributed by atoms with Crippen molar-refractivity contribution in [3.8, 4) is 0 Å².